The topological polar surface area (TPSA) is 122 Å². The van der Waals surface area contributed by atoms with Gasteiger partial charge in [-0.05, 0) is 62.6 Å². The van der Waals surface area contributed by atoms with Crippen LogP contribution in [0, 0.1) is 24.0 Å². The molecule has 9 heteroatoms. The minimum absolute atomic E-state index is 0.0528. The fourth-order valence-corrected chi connectivity index (χ4v) is 3.75. The van der Waals surface area contributed by atoms with Crippen LogP contribution in [0.25, 0.3) is 0 Å². The van der Waals surface area contributed by atoms with Crippen LogP contribution in [0.4, 0.5) is 11.4 Å². The highest BCUT2D eigenvalue weighted by Gasteiger charge is 2.35. The van der Waals surface area contributed by atoms with Gasteiger partial charge >= 0.3 is 0 Å². The van der Waals surface area contributed by atoms with E-state index in [2.05, 4.69) is 10.6 Å². The molecule has 0 saturated carbocycles. The maximum absolute atomic E-state index is 13.0. The van der Waals surface area contributed by atoms with E-state index in [1.165, 1.54) is 23.1 Å². The first kappa shape index (κ1) is 21.9. The van der Waals surface area contributed by atoms with E-state index in [1.54, 1.807) is 39.1 Å². The summed E-state index contributed by atoms with van der Waals surface area (Å²) in [6.45, 7) is 3.80. The van der Waals surface area contributed by atoms with Gasteiger partial charge in [-0.15, -0.1) is 0 Å². The molecule has 0 aliphatic carbocycles. The number of nitrogens with one attached hydrogen (secondary N) is 2. The molecule has 1 fully saturated rings. The van der Waals surface area contributed by atoms with Crippen molar-refractivity contribution in [2.24, 2.45) is 0 Å². The number of hydrogen-bond donors (Lipinski definition) is 2. The molecule has 0 aromatic heterocycles. The zero-order valence-corrected chi connectivity index (χ0v) is 17.6. The summed E-state index contributed by atoms with van der Waals surface area (Å²) in [7, 11) is 1.55. The monoisotopic (exact) mass is 424 g/mol. The molecule has 2 aromatic rings. The van der Waals surface area contributed by atoms with Crippen LogP contribution in [0.3, 0.4) is 0 Å². The van der Waals surface area contributed by atoms with Crippen molar-refractivity contribution in [2.75, 3.05) is 18.9 Å². The molecule has 3 amide bonds. The van der Waals surface area contributed by atoms with Crippen LogP contribution in [-0.2, 0) is 4.79 Å². The Morgan fingerprint density at radius 1 is 1.06 bits per heavy atom. The Hall–Kier alpha value is -3.75. The fourth-order valence-electron chi connectivity index (χ4n) is 3.75. The molecule has 3 rings (SSSR count). The van der Waals surface area contributed by atoms with Crippen LogP contribution < -0.4 is 10.6 Å². The number of amides is 3. The minimum Gasteiger partial charge on any atom is -0.355 e. The molecule has 31 heavy (non-hydrogen) atoms. The summed E-state index contributed by atoms with van der Waals surface area (Å²) in [5.41, 5.74) is 2.45. The third-order valence-corrected chi connectivity index (χ3v) is 5.43. The number of carbonyl (C=O) groups is 3. The van der Waals surface area contributed by atoms with E-state index in [0.29, 0.717) is 41.8 Å². The number of nitro groups is 1. The second-order valence-electron chi connectivity index (χ2n) is 7.51. The van der Waals surface area contributed by atoms with Gasteiger partial charge in [-0.3, -0.25) is 24.5 Å². The molecule has 1 aliphatic heterocycles. The lowest BCUT2D eigenvalue weighted by Gasteiger charge is -2.24. The lowest BCUT2D eigenvalue weighted by Crippen LogP contribution is -2.43. The highest BCUT2D eigenvalue weighted by molar-refractivity contribution is 6.02. The Kier molecular flexibility index (Phi) is 6.33. The maximum Gasteiger partial charge on any atom is 0.272 e. The third kappa shape index (κ3) is 4.55. The van der Waals surface area contributed by atoms with Crippen LogP contribution in [0.15, 0.2) is 36.4 Å². The van der Waals surface area contributed by atoms with Crippen LogP contribution in [0.2, 0.25) is 0 Å². The summed E-state index contributed by atoms with van der Waals surface area (Å²) in [5, 5.41) is 16.4. The quantitative estimate of drug-likeness (QED) is 0.565. The van der Waals surface area contributed by atoms with Crippen LogP contribution in [0.1, 0.15) is 44.7 Å². The molecule has 1 heterocycles. The summed E-state index contributed by atoms with van der Waals surface area (Å²) >= 11 is 0. The van der Waals surface area contributed by atoms with E-state index in [1.807, 2.05) is 0 Å². The van der Waals surface area contributed by atoms with Crippen molar-refractivity contribution < 1.29 is 19.3 Å². The number of nitrogens with zero attached hydrogens (tertiary/aromatic N) is 2. The van der Waals surface area contributed by atoms with Gasteiger partial charge in [0.25, 0.3) is 17.5 Å². The van der Waals surface area contributed by atoms with Crippen LogP contribution >= 0.6 is 0 Å². The van der Waals surface area contributed by atoms with Gasteiger partial charge in [-0.2, -0.15) is 0 Å². The van der Waals surface area contributed by atoms with Crippen LogP contribution in [-0.4, -0.2) is 47.2 Å². The number of rotatable bonds is 5. The molecule has 1 atom stereocenters. The van der Waals surface area contributed by atoms with E-state index < -0.39 is 11.0 Å². The molecule has 9 nitrogen and oxygen atoms in total. The highest BCUT2D eigenvalue weighted by Crippen LogP contribution is 2.25. The van der Waals surface area contributed by atoms with E-state index in [-0.39, 0.29) is 23.4 Å². The second kappa shape index (κ2) is 8.95. The fraction of sp³-hybridized carbons (Fsp3) is 0.318. The third-order valence-electron chi connectivity index (χ3n) is 5.43. The number of aryl methyl sites for hydroxylation is 2. The first-order valence-corrected chi connectivity index (χ1v) is 9.92. The van der Waals surface area contributed by atoms with Crippen molar-refractivity contribution in [3.05, 3.63) is 68.8 Å². The molecule has 0 spiro atoms. The second-order valence-corrected chi connectivity index (χ2v) is 7.51. The van der Waals surface area contributed by atoms with E-state index in [9.17, 15) is 24.5 Å². The van der Waals surface area contributed by atoms with E-state index >= 15 is 0 Å². The minimum atomic E-state index is -0.638. The molecule has 2 aromatic carbocycles. The number of anilines is 1. The highest BCUT2D eigenvalue weighted by atomic mass is 16.6. The Labute approximate surface area is 179 Å². The number of benzene rings is 2. The van der Waals surface area contributed by atoms with Gasteiger partial charge < -0.3 is 15.5 Å². The number of nitro benzene ring substituents is 1. The summed E-state index contributed by atoms with van der Waals surface area (Å²) in [6, 6.07) is 8.55. The van der Waals surface area contributed by atoms with Gasteiger partial charge in [0.15, 0.2) is 0 Å². The smallest absolute Gasteiger partial charge is 0.272 e. The zero-order chi connectivity index (χ0) is 22.7. The van der Waals surface area contributed by atoms with E-state index in [0.717, 1.165) is 5.56 Å². The molecule has 1 unspecified atom stereocenters. The Morgan fingerprint density at radius 3 is 2.35 bits per heavy atom. The van der Waals surface area contributed by atoms with Gasteiger partial charge in [-0.25, -0.2) is 0 Å². The molecule has 0 bridgehead atoms. The molecular formula is C22H24N4O5. The predicted molar refractivity (Wildman–Crippen MR) is 115 cm³/mol. The summed E-state index contributed by atoms with van der Waals surface area (Å²) in [4.78, 5) is 49.7. The molecular weight excluding hydrogens is 400 g/mol. The Morgan fingerprint density at radius 2 is 1.74 bits per heavy atom. The molecule has 1 aliphatic rings. The number of carbonyl (C=O) groups excluding carboxylic acids is 3. The molecule has 162 valence electrons. The van der Waals surface area contributed by atoms with Crippen LogP contribution in [0.5, 0.6) is 0 Å². The van der Waals surface area contributed by atoms with E-state index in [4.69, 9.17) is 0 Å². The summed E-state index contributed by atoms with van der Waals surface area (Å²) in [5.74, 6) is -0.852. The SMILES string of the molecule is CNC(=O)c1ccc(NC(=O)C2CCCN2C(=O)c2ccc([N+](=O)[O-])c(C)c2)c(C)c1. The van der Waals surface area contributed by atoms with Crippen molar-refractivity contribution in [3.63, 3.8) is 0 Å². The van der Waals surface area contributed by atoms with Gasteiger partial charge in [-0.1, -0.05) is 0 Å². The van der Waals surface area contributed by atoms with Crippen molar-refractivity contribution in [3.8, 4) is 0 Å². The van der Waals surface area contributed by atoms with Crippen molar-refractivity contribution in [2.45, 2.75) is 32.7 Å². The Balaban J connectivity index is 1.76. The molecule has 2 N–H and O–H groups in total. The lowest BCUT2D eigenvalue weighted by atomic mass is 10.1. The standard InChI is InChI=1S/C22H24N4O5/c1-13-11-15(20(27)23-3)6-8-17(13)24-21(28)19-5-4-10-25(19)22(29)16-7-9-18(26(30)31)14(2)12-16/h6-9,11-12,19H,4-5,10H2,1-3H3,(H,23,27)(H,24,28). The average Bonchev–Trinajstić information content (AvgIpc) is 3.23. The summed E-state index contributed by atoms with van der Waals surface area (Å²) < 4.78 is 0. The first-order valence-electron chi connectivity index (χ1n) is 9.92. The molecule has 1 saturated heterocycles. The van der Waals surface area contributed by atoms with Crippen molar-refractivity contribution in [1.82, 2.24) is 10.2 Å². The van der Waals surface area contributed by atoms with Gasteiger partial charge in [0.1, 0.15) is 6.04 Å². The summed E-state index contributed by atoms with van der Waals surface area (Å²) in [6.07, 6.45) is 1.21. The largest absolute Gasteiger partial charge is 0.355 e. The maximum atomic E-state index is 13.0. The van der Waals surface area contributed by atoms with Gasteiger partial charge in [0.05, 0.1) is 4.92 Å². The zero-order valence-electron chi connectivity index (χ0n) is 17.6. The van der Waals surface area contributed by atoms with Crippen molar-refractivity contribution in [1.29, 1.82) is 0 Å². The molecule has 0 radical (unpaired) electrons. The lowest BCUT2D eigenvalue weighted by molar-refractivity contribution is -0.385. The Bertz CT molecular complexity index is 1070. The van der Waals surface area contributed by atoms with Crippen molar-refractivity contribution >= 4 is 29.1 Å². The number of likely N-dealkylation sites (tertiary alicyclic amines) is 1. The number of hydrogen-bond acceptors (Lipinski definition) is 5. The normalized spacial score (nSPS) is 15.5. The predicted octanol–water partition coefficient (Wildman–Crippen LogP) is 2.81. The van der Waals surface area contributed by atoms with Gasteiger partial charge in [0.2, 0.25) is 5.91 Å². The average molecular weight is 424 g/mol. The van der Waals surface area contributed by atoms with Gasteiger partial charge in [0, 0.05) is 42.0 Å². The first-order chi connectivity index (χ1) is 14.7.